The monoisotopic (exact) mass is 278 g/mol. The van der Waals surface area contributed by atoms with Crippen LogP contribution in [0.5, 0.6) is 0 Å². The minimum Gasteiger partial charge on any atom is -0.472 e. The number of nitrogens with one attached hydrogen (secondary N) is 1. The van der Waals surface area contributed by atoms with Crippen LogP contribution in [-0.4, -0.2) is 20.8 Å². The van der Waals surface area contributed by atoms with Crippen molar-refractivity contribution in [2.24, 2.45) is 0 Å². The maximum atomic E-state index is 11.6. The van der Waals surface area contributed by atoms with Crippen LogP contribution in [0.3, 0.4) is 0 Å². The van der Waals surface area contributed by atoms with Crippen LogP contribution in [0.15, 0.2) is 21.0 Å². The first-order chi connectivity index (χ1) is 7.54. The maximum Gasteiger partial charge on any atom is 0.254 e. The highest BCUT2D eigenvalue weighted by molar-refractivity contribution is 9.10. The summed E-state index contributed by atoms with van der Waals surface area (Å²) >= 11 is 3.29. The van der Waals surface area contributed by atoms with Gasteiger partial charge < -0.3 is 15.5 Å². The molecule has 0 aliphatic rings. The van der Waals surface area contributed by atoms with E-state index in [0.29, 0.717) is 26.7 Å². The third-order valence-corrected chi connectivity index (χ3v) is 2.98. The number of nitrogens with two attached hydrogens (primary N) is 1. The molecule has 1 aromatic carbocycles. The molecule has 0 bridgehead atoms. The van der Waals surface area contributed by atoms with Crippen LogP contribution in [0.1, 0.15) is 10.4 Å². The number of anilines is 1. The number of halogens is 1. The molecule has 2 aromatic rings. The zero-order valence-electron chi connectivity index (χ0n) is 8.50. The van der Waals surface area contributed by atoms with Crippen molar-refractivity contribution in [1.82, 2.24) is 5.32 Å². The van der Waals surface area contributed by atoms with E-state index in [2.05, 4.69) is 21.2 Å². The Kier molecular flexibility index (Phi) is 2.67. The largest absolute Gasteiger partial charge is 0.472 e. The first-order valence-corrected chi connectivity index (χ1v) is 5.33. The molecule has 6 heteroatoms. The highest BCUT2D eigenvalue weighted by Gasteiger charge is 2.17. The summed E-state index contributed by atoms with van der Waals surface area (Å²) in [5.41, 5.74) is 7.16. The summed E-state index contributed by atoms with van der Waals surface area (Å²) in [7, 11) is 7.18. The van der Waals surface area contributed by atoms with Crippen molar-refractivity contribution in [3.8, 4) is 0 Å². The lowest BCUT2D eigenvalue weighted by atomic mass is 9.98. The molecule has 0 aliphatic heterocycles. The van der Waals surface area contributed by atoms with E-state index < -0.39 is 0 Å². The fraction of sp³-hybridized carbons (Fsp3) is 0.100. The van der Waals surface area contributed by atoms with Crippen molar-refractivity contribution in [1.29, 1.82) is 0 Å². The van der Waals surface area contributed by atoms with Crippen LogP contribution >= 0.6 is 15.9 Å². The zero-order chi connectivity index (χ0) is 11.9. The van der Waals surface area contributed by atoms with Crippen molar-refractivity contribution >= 4 is 52.0 Å². The van der Waals surface area contributed by atoms with Gasteiger partial charge in [-0.25, -0.2) is 0 Å². The number of carbonyl (C=O) groups is 1. The third-order valence-electron chi connectivity index (χ3n) is 2.29. The minimum absolute atomic E-state index is 0.0897. The maximum absolute atomic E-state index is 11.6. The Morgan fingerprint density at radius 1 is 1.56 bits per heavy atom. The van der Waals surface area contributed by atoms with Gasteiger partial charge >= 0.3 is 0 Å². The summed E-state index contributed by atoms with van der Waals surface area (Å²) in [5.74, 6) is -0.284. The number of furan rings is 1. The van der Waals surface area contributed by atoms with Gasteiger partial charge in [-0.15, -0.1) is 0 Å². The van der Waals surface area contributed by atoms with E-state index in [-0.39, 0.29) is 11.6 Å². The second-order valence-corrected chi connectivity index (χ2v) is 4.14. The van der Waals surface area contributed by atoms with Crippen LogP contribution in [-0.2, 0) is 0 Å². The molecule has 0 saturated carbocycles. The van der Waals surface area contributed by atoms with E-state index in [1.165, 1.54) is 7.05 Å². The lowest BCUT2D eigenvalue weighted by Crippen LogP contribution is -2.23. The highest BCUT2D eigenvalue weighted by Crippen LogP contribution is 2.28. The van der Waals surface area contributed by atoms with E-state index in [9.17, 15) is 4.79 Å². The average molecular weight is 279 g/mol. The number of benzene rings is 1. The van der Waals surface area contributed by atoms with Gasteiger partial charge in [0.1, 0.15) is 5.58 Å². The molecule has 16 heavy (non-hydrogen) atoms. The molecule has 2 radical (unpaired) electrons. The number of rotatable bonds is 1. The summed E-state index contributed by atoms with van der Waals surface area (Å²) in [6.45, 7) is 0. The van der Waals surface area contributed by atoms with Gasteiger partial charge in [-0.1, -0.05) is 0 Å². The fourth-order valence-electron chi connectivity index (χ4n) is 1.51. The van der Waals surface area contributed by atoms with Gasteiger partial charge in [0.05, 0.1) is 11.2 Å². The van der Waals surface area contributed by atoms with Gasteiger partial charge in [0.2, 0.25) is 0 Å². The van der Waals surface area contributed by atoms with Crippen LogP contribution in [0.2, 0.25) is 0 Å². The second kappa shape index (κ2) is 3.86. The molecule has 1 amide bonds. The summed E-state index contributed by atoms with van der Waals surface area (Å²) in [4.78, 5) is 11.6. The Morgan fingerprint density at radius 2 is 2.25 bits per heavy atom. The number of fused-ring (bicyclic) bond motifs is 1. The van der Waals surface area contributed by atoms with E-state index in [4.69, 9.17) is 18.0 Å². The predicted octanol–water partition coefficient (Wildman–Crippen LogP) is 0.931. The van der Waals surface area contributed by atoms with E-state index in [1.807, 2.05) is 0 Å². The first kappa shape index (κ1) is 11.1. The number of nitrogen functional groups attached to an aromatic ring is 1. The molecule has 0 saturated heterocycles. The summed E-state index contributed by atoms with van der Waals surface area (Å²) in [6, 6.07) is 3.34. The Labute approximate surface area is 102 Å². The Hall–Kier alpha value is -1.43. The summed E-state index contributed by atoms with van der Waals surface area (Å²) < 4.78 is 5.97. The van der Waals surface area contributed by atoms with Crippen molar-refractivity contribution < 1.29 is 9.21 Å². The average Bonchev–Trinajstić information content (AvgIpc) is 2.54. The highest BCUT2D eigenvalue weighted by atomic mass is 79.9. The molecular formula is C10H8BBrN2O2. The quantitative estimate of drug-likeness (QED) is 0.602. The van der Waals surface area contributed by atoms with Gasteiger partial charge in [0, 0.05) is 28.7 Å². The topological polar surface area (TPSA) is 68.3 Å². The summed E-state index contributed by atoms with van der Waals surface area (Å²) in [5, 5.41) is 3.15. The number of carbonyl (C=O) groups excluding carboxylic acids is 1. The van der Waals surface area contributed by atoms with Crippen molar-refractivity contribution in [2.75, 3.05) is 12.8 Å². The van der Waals surface area contributed by atoms with Gasteiger partial charge in [-0.3, -0.25) is 4.79 Å². The summed E-state index contributed by atoms with van der Waals surface area (Å²) in [6.07, 6.45) is 0. The molecule has 0 aliphatic carbocycles. The van der Waals surface area contributed by atoms with Gasteiger partial charge in [-0.05, 0) is 22.0 Å². The van der Waals surface area contributed by atoms with Gasteiger partial charge in [-0.2, -0.15) is 0 Å². The Balaban J connectivity index is 2.79. The Morgan fingerprint density at radius 3 is 2.88 bits per heavy atom. The number of hydrogen-bond donors (Lipinski definition) is 2. The second-order valence-electron chi connectivity index (χ2n) is 3.29. The van der Waals surface area contributed by atoms with E-state index in [1.54, 1.807) is 12.1 Å². The standard InChI is InChI=1S/C10H8BBrN2O2/c1-14-10(15)8-4-2-5(12)6(13)3-7(4)16-9(8)11/h2-3H,13H2,1H3,(H,14,15). The van der Waals surface area contributed by atoms with Crippen LogP contribution in [0, 0.1) is 0 Å². The molecule has 1 heterocycles. The fourth-order valence-corrected chi connectivity index (χ4v) is 1.85. The molecule has 0 fully saturated rings. The lowest BCUT2D eigenvalue weighted by molar-refractivity contribution is 0.0965. The molecular weight excluding hydrogens is 271 g/mol. The Bertz CT molecular complexity index is 580. The first-order valence-electron chi connectivity index (χ1n) is 4.53. The zero-order valence-corrected chi connectivity index (χ0v) is 10.1. The molecule has 1 aromatic heterocycles. The van der Waals surface area contributed by atoms with Gasteiger partial charge in [0.15, 0.2) is 7.85 Å². The SMILES string of the molecule is [B]c1oc2cc(N)c(Br)cc2c1C(=O)NC. The molecule has 0 spiro atoms. The molecule has 0 unspecified atom stereocenters. The smallest absolute Gasteiger partial charge is 0.254 e. The van der Waals surface area contributed by atoms with E-state index >= 15 is 0 Å². The molecule has 3 N–H and O–H groups in total. The third kappa shape index (κ3) is 1.59. The van der Waals surface area contributed by atoms with Crippen molar-refractivity contribution in [2.45, 2.75) is 0 Å². The molecule has 0 atom stereocenters. The lowest BCUT2D eigenvalue weighted by Gasteiger charge is -2.00. The molecule has 2 rings (SSSR count). The minimum atomic E-state index is -0.284. The normalized spacial score (nSPS) is 10.6. The van der Waals surface area contributed by atoms with E-state index in [0.717, 1.165) is 0 Å². The van der Waals surface area contributed by atoms with Gasteiger partial charge in [0.25, 0.3) is 5.91 Å². The van der Waals surface area contributed by atoms with Crippen LogP contribution < -0.4 is 16.7 Å². The van der Waals surface area contributed by atoms with Crippen LogP contribution in [0.4, 0.5) is 5.69 Å². The number of amides is 1. The van der Waals surface area contributed by atoms with Crippen molar-refractivity contribution in [3.63, 3.8) is 0 Å². The number of hydrogen-bond acceptors (Lipinski definition) is 3. The molecule has 4 nitrogen and oxygen atoms in total. The van der Waals surface area contributed by atoms with Crippen molar-refractivity contribution in [3.05, 3.63) is 22.2 Å². The predicted molar refractivity (Wildman–Crippen MR) is 67.1 cm³/mol. The molecule has 80 valence electrons. The van der Waals surface area contributed by atoms with Crippen LogP contribution in [0.25, 0.3) is 11.0 Å².